The quantitative estimate of drug-likeness (QED) is 0.416. The van der Waals surface area contributed by atoms with Gasteiger partial charge in [0.25, 0.3) is 5.91 Å². The number of methoxy groups -OCH3 is 1. The first-order valence-corrected chi connectivity index (χ1v) is 10.0. The van der Waals surface area contributed by atoms with Crippen LogP contribution >= 0.6 is 0 Å². The molecular weight excluding hydrogens is 404 g/mol. The summed E-state index contributed by atoms with van der Waals surface area (Å²) in [6.45, 7) is -0.121. The fourth-order valence-corrected chi connectivity index (χ4v) is 3.06. The number of carbonyl (C=O) groups excluding carboxylic acids is 1. The molecular formula is C25H22N4O3. The number of nitrogens with zero attached hydrogens (tertiary/aromatic N) is 2. The van der Waals surface area contributed by atoms with Gasteiger partial charge in [0.1, 0.15) is 12.1 Å². The summed E-state index contributed by atoms with van der Waals surface area (Å²) in [4.78, 5) is 20.8. The minimum atomic E-state index is -0.264. The molecule has 7 heteroatoms. The Morgan fingerprint density at radius 3 is 2.28 bits per heavy atom. The predicted molar refractivity (Wildman–Crippen MR) is 124 cm³/mol. The third-order valence-corrected chi connectivity index (χ3v) is 4.61. The first-order valence-electron chi connectivity index (χ1n) is 10.0. The van der Waals surface area contributed by atoms with Crippen LogP contribution in [0, 0.1) is 0 Å². The molecule has 0 spiro atoms. The summed E-state index contributed by atoms with van der Waals surface area (Å²) in [5.41, 5.74) is 3.36. The second-order valence-electron chi connectivity index (χ2n) is 6.84. The van der Waals surface area contributed by atoms with Crippen LogP contribution in [0.3, 0.4) is 0 Å². The van der Waals surface area contributed by atoms with Crippen LogP contribution in [0.4, 0.5) is 17.2 Å². The first kappa shape index (κ1) is 20.9. The summed E-state index contributed by atoms with van der Waals surface area (Å²) in [6, 6.07) is 26.3. The fraction of sp³-hybridized carbons (Fsp3) is 0.0800. The normalized spacial score (nSPS) is 10.3. The Morgan fingerprint density at radius 2 is 1.53 bits per heavy atom. The maximum absolute atomic E-state index is 12.2. The van der Waals surface area contributed by atoms with Gasteiger partial charge < -0.3 is 20.1 Å². The number of hydrogen-bond donors (Lipinski definition) is 2. The number of amides is 1. The smallest absolute Gasteiger partial charge is 0.262 e. The van der Waals surface area contributed by atoms with Gasteiger partial charge in [-0.2, -0.15) is 0 Å². The number of rotatable bonds is 8. The van der Waals surface area contributed by atoms with E-state index in [9.17, 15) is 4.79 Å². The summed E-state index contributed by atoms with van der Waals surface area (Å²) in [6.07, 6.45) is 1.53. The lowest BCUT2D eigenvalue weighted by molar-refractivity contribution is -0.118. The molecule has 1 aromatic heterocycles. The Balaban J connectivity index is 1.34. The summed E-state index contributed by atoms with van der Waals surface area (Å²) < 4.78 is 10.8. The largest absolute Gasteiger partial charge is 0.493 e. The van der Waals surface area contributed by atoms with Gasteiger partial charge in [-0.3, -0.25) is 4.79 Å². The van der Waals surface area contributed by atoms with Gasteiger partial charge in [0.15, 0.2) is 18.1 Å². The molecule has 0 aliphatic rings. The number of benzene rings is 3. The van der Waals surface area contributed by atoms with Crippen LogP contribution in [0.15, 0.2) is 91.3 Å². The minimum Gasteiger partial charge on any atom is -0.493 e. The average Bonchev–Trinajstić information content (AvgIpc) is 2.85. The SMILES string of the molecule is COc1ccccc1OCC(=O)Nc1ccc(Nc2cc(-c3ccccc3)ncn2)cc1. The van der Waals surface area contributed by atoms with Crippen LogP contribution in [-0.4, -0.2) is 29.6 Å². The molecule has 4 rings (SSSR count). The molecule has 0 saturated carbocycles. The van der Waals surface area contributed by atoms with Gasteiger partial charge in [0.05, 0.1) is 12.8 Å². The molecule has 3 aromatic carbocycles. The average molecular weight is 426 g/mol. The lowest BCUT2D eigenvalue weighted by Crippen LogP contribution is -2.20. The van der Waals surface area contributed by atoms with Gasteiger partial charge in [-0.05, 0) is 36.4 Å². The second kappa shape index (κ2) is 10.1. The van der Waals surface area contributed by atoms with Crippen molar-refractivity contribution in [1.29, 1.82) is 0 Å². The molecule has 0 saturated heterocycles. The Bertz CT molecular complexity index is 1180. The summed E-state index contributed by atoms with van der Waals surface area (Å²) in [5.74, 6) is 1.51. The van der Waals surface area contributed by atoms with E-state index in [1.165, 1.54) is 6.33 Å². The van der Waals surface area contributed by atoms with E-state index in [-0.39, 0.29) is 12.5 Å². The summed E-state index contributed by atoms with van der Waals surface area (Å²) in [7, 11) is 1.56. The second-order valence-corrected chi connectivity index (χ2v) is 6.84. The monoisotopic (exact) mass is 426 g/mol. The first-order chi connectivity index (χ1) is 15.7. The summed E-state index contributed by atoms with van der Waals surface area (Å²) >= 11 is 0. The maximum atomic E-state index is 12.2. The van der Waals surface area contributed by atoms with Crippen LogP contribution in [0.25, 0.3) is 11.3 Å². The van der Waals surface area contributed by atoms with Gasteiger partial charge in [-0.15, -0.1) is 0 Å². The number of carbonyl (C=O) groups is 1. The number of nitrogens with one attached hydrogen (secondary N) is 2. The standard InChI is InChI=1S/C25H22N4O3/c1-31-22-9-5-6-10-23(22)32-16-25(30)29-20-13-11-19(12-14-20)28-24-15-21(26-17-27-24)18-7-3-2-4-8-18/h2-15,17H,16H2,1H3,(H,29,30)(H,26,27,28). The van der Waals surface area contributed by atoms with E-state index in [1.54, 1.807) is 19.2 Å². The Morgan fingerprint density at radius 1 is 0.844 bits per heavy atom. The molecule has 0 aliphatic heterocycles. The van der Waals surface area contributed by atoms with Gasteiger partial charge >= 0.3 is 0 Å². The zero-order chi connectivity index (χ0) is 22.2. The molecule has 1 heterocycles. The van der Waals surface area contributed by atoms with E-state index in [0.29, 0.717) is 23.0 Å². The zero-order valence-electron chi connectivity index (χ0n) is 17.5. The highest BCUT2D eigenvalue weighted by atomic mass is 16.5. The van der Waals surface area contributed by atoms with E-state index < -0.39 is 0 Å². The maximum Gasteiger partial charge on any atom is 0.262 e. The van der Waals surface area contributed by atoms with E-state index >= 15 is 0 Å². The lowest BCUT2D eigenvalue weighted by Gasteiger charge is -2.11. The number of hydrogen-bond acceptors (Lipinski definition) is 6. The summed E-state index contributed by atoms with van der Waals surface area (Å²) in [5, 5.41) is 6.06. The molecule has 4 aromatic rings. The van der Waals surface area contributed by atoms with E-state index in [1.807, 2.05) is 72.8 Å². The van der Waals surface area contributed by atoms with Crippen molar-refractivity contribution in [3.63, 3.8) is 0 Å². The van der Waals surface area contributed by atoms with Crippen molar-refractivity contribution in [3.8, 4) is 22.8 Å². The zero-order valence-corrected chi connectivity index (χ0v) is 17.5. The highest BCUT2D eigenvalue weighted by Crippen LogP contribution is 2.26. The third kappa shape index (κ3) is 5.40. The molecule has 32 heavy (non-hydrogen) atoms. The third-order valence-electron chi connectivity index (χ3n) is 4.61. The van der Waals surface area contributed by atoms with Crippen molar-refractivity contribution < 1.29 is 14.3 Å². The molecule has 0 bridgehead atoms. The van der Waals surface area contributed by atoms with Gasteiger partial charge in [-0.1, -0.05) is 42.5 Å². The van der Waals surface area contributed by atoms with E-state index in [4.69, 9.17) is 9.47 Å². The van der Waals surface area contributed by atoms with Gasteiger partial charge in [-0.25, -0.2) is 9.97 Å². The highest BCUT2D eigenvalue weighted by Gasteiger charge is 2.08. The Kier molecular flexibility index (Phi) is 6.57. The number of anilines is 3. The van der Waals surface area contributed by atoms with E-state index in [2.05, 4.69) is 20.6 Å². The number of para-hydroxylation sites is 2. The van der Waals surface area contributed by atoms with Crippen LogP contribution in [-0.2, 0) is 4.79 Å². The highest BCUT2D eigenvalue weighted by molar-refractivity contribution is 5.92. The van der Waals surface area contributed by atoms with Crippen LogP contribution in [0.1, 0.15) is 0 Å². The topological polar surface area (TPSA) is 85.4 Å². The van der Waals surface area contributed by atoms with Crippen molar-refractivity contribution in [2.45, 2.75) is 0 Å². The van der Waals surface area contributed by atoms with Gasteiger partial charge in [0, 0.05) is 23.0 Å². The molecule has 0 fully saturated rings. The molecule has 0 aliphatic carbocycles. The van der Waals surface area contributed by atoms with Crippen molar-refractivity contribution in [2.24, 2.45) is 0 Å². The van der Waals surface area contributed by atoms with Crippen molar-refractivity contribution in [2.75, 3.05) is 24.4 Å². The van der Waals surface area contributed by atoms with Crippen molar-refractivity contribution >= 4 is 23.1 Å². The predicted octanol–water partition coefficient (Wildman–Crippen LogP) is 4.91. The number of ether oxygens (including phenoxy) is 2. The molecule has 0 atom stereocenters. The van der Waals surface area contributed by atoms with Crippen LogP contribution in [0.5, 0.6) is 11.5 Å². The van der Waals surface area contributed by atoms with Crippen LogP contribution < -0.4 is 20.1 Å². The Hall–Kier alpha value is -4.39. The Labute approximate surface area is 186 Å². The van der Waals surface area contributed by atoms with E-state index in [0.717, 1.165) is 16.9 Å². The fourth-order valence-electron chi connectivity index (χ4n) is 3.06. The molecule has 7 nitrogen and oxygen atoms in total. The number of aromatic nitrogens is 2. The molecule has 2 N–H and O–H groups in total. The molecule has 0 unspecified atom stereocenters. The molecule has 0 radical (unpaired) electrons. The van der Waals surface area contributed by atoms with Crippen molar-refractivity contribution in [1.82, 2.24) is 9.97 Å². The van der Waals surface area contributed by atoms with Crippen molar-refractivity contribution in [3.05, 3.63) is 91.3 Å². The molecule has 1 amide bonds. The van der Waals surface area contributed by atoms with Gasteiger partial charge in [0.2, 0.25) is 0 Å². The molecule has 160 valence electrons. The van der Waals surface area contributed by atoms with Crippen LogP contribution in [0.2, 0.25) is 0 Å². The minimum absolute atomic E-state index is 0.121. The lowest BCUT2D eigenvalue weighted by atomic mass is 10.1.